The molecule has 2 atom stereocenters. The third-order valence-corrected chi connectivity index (χ3v) is 5.19. The number of nitrogens with two attached hydrogens (primary N) is 2. The number of carbonyl (C=O) groups is 2. The highest BCUT2D eigenvalue weighted by molar-refractivity contribution is 7.86. The lowest BCUT2D eigenvalue weighted by atomic mass is 9.85. The second-order valence-corrected chi connectivity index (χ2v) is 7.11. The summed E-state index contributed by atoms with van der Waals surface area (Å²) in [6.07, 6.45) is 7.40. The molecule has 3 aliphatic rings. The van der Waals surface area contributed by atoms with E-state index in [-0.39, 0.29) is 22.9 Å². The maximum absolute atomic E-state index is 12.5. The van der Waals surface area contributed by atoms with Gasteiger partial charge in [-0.1, -0.05) is 24.3 Å². The Morgan fingerprint density at radius 2 is 2.08 bits per heavy atom. The summed E-state index contributed by atoms with van der Waals surface area (Å²) in [7, 11) is -4.69. The van der Waals surface area contributed by atoms with Gasteiger partial charge in [-0.3, -0.25) is 9.35 Å². The number of ketones is 1. The van der Waals surface area contributed by atoms with Crippen LogP contribution in [0.15, 0.2) is 58.5 Å². The normalized spacial score (nSPS) is 25.2. The van der Waals surface area contributed by atoms with Crippen molar-refractivity contribution in [3.63, 3.8) is 0 Å². The van der Waals surface area contributed by atoms with Crippen LogP contribution >= 0.6 is 0 Å². The molecule has 0 radical (unpaired) electrons. The summed E-state index contributed by atoms with van der Waals surface area (Å²) in [4.78, 5) is 23.4. The monoisotopic (exact) mass is 365 g/mol. The van der Waals surface area contributed by atoms with E-state index in [0.29, 0.717) is 5.57 Å². The molecular weight excluding hydrogens is 350 g/mol. The van der Waals surface area contributed by atoms with E-state index in [1.165, 1.54) is 6.08 Å². The Bertz CT molecular complexity index is 923. The van der Waals surface area contributed by atoms with E-state index in [0.717, 1.165) is 0 Å². The number of ether oxygens (including phenoxy) is 1. The van der Waals surface area contributed by atoms with Crippen LogP contribution in [0.2, 0.25) is 0 Å². The van der Waals surface area contributed by atoms with Crippen LogP contribution in [0.3, 0.4) is 0 Å². The first kappa shape index (κ1) is 17.0. The van der Waals surface area contributed by atoms with Crippen molar-refractivity contribution in [2.24, 2.45) is 11.5 Å². The summed E-state index contributed by atoms with van der Waals surface area (Å²) in [5.41, 5.74) is 10.7. The number of Topliss-reactive ketones (excluding diaryl/α,β-unsaturated/α-hetero) is 1. The molecule has 2 unspecified atom stereocenters. The van der Waals surface area contributed by atoms with Gasteiger partial charge in [0.15, 0.2) is 0 Å². The molecule has 0 bridgehead atoms. The molecule has 1 aliphatic heterocycles. The Morgan fingerprint density at radius 1 is 1.36 bits per heavy atom. The van der Waals surface area contributed by atoms with Crippen LogP contribution in [0.4, 0.5) is 4.79 Å². The lowest BCUT2D eigenvalue weighted by Gasteiger charge is -2.34. The van der Waals surface area contributed by atoms with Crippen molar-refractivity contribution in [1.82, 2.24) is 5.32 Å². The second-order valence-electron chi connectivity index (χ2n) is 5.61. The van der Waals surface area contributed by atoms with Gasteiger partial charge < -0.3 is 21.5 Å². The lowest BCUT2D eigenvalue weighted by Crippen LogP contribution is -2.45. The summed E-state index contributed by atoms with van der Waals surface area (Å²) in [5.74, 6) is -0.642. The first-order valence-electron chi connectivity index (χ1n) is 7.19. The second kappa shape index (κ2) is 5.90. The topological polar surface area (TPSA) is 162 Å². The molecule has 0 fully saturated rings. The molecule has 6 N–H and O–H groups in total. The highest BCUT2D eigenvalue weighted by Crippen LogP contribution is 2.35. The molecule has 10 heteroatoms. The van der Waals surface area contributed by atoms with Gasteiger partial charge >= 0.3 is 6.09 Å². The lowest BCUT2D eigenvalue weighted by molar-refractivity contribution is -0.113. The number of nitrogens with one attached hydrogen (secondary N) is 1. The molecule has 1 amide bonds. The van der Waals surface area contributed by atoms with Gasteiger partial charge in [-0.15, -0.1) is 0 Å². The Hall–Kier alpha value is -2.85. The molecule has 0 saturated carbocycles. The minimum Gasteiger partial charge on any atom is -0.445 e. The average Bonchev–Trinajstić information content (AvgIpc) is 2.54. The molecule has 25 heavy (non-hydrogen) atoms. The highest BCUT2D eigenvalue weighted by atomic mass is 32.2. The maximum atomic E-state index is 12.5. The molecule has 2 aliphatic carbocycles. The molecule has 0 aromatic rings. The molecule has 0 spiro atoms. The van der Waals surface area contributed by atoms with Gasteiger partial charge in [0, 0.05) is 11.1 Å². The minimum atomic E-state index is -4.69. The van der Waals surface area contributed by atoms with Crippen molar-refractivity contribution in [2.75, 3.05) is 6.61 Å². The molecule has 9 nitrogen and oxygen atoms in total. The predicted octanol–water partition coefficient (Wildman–Crippen LogP) is -0.588. The molecule has 0 aromatic carbocycles. The number of hydrogen-bond acceptors (Lipinski definition) is 7. The van der Waals surface area contributed by atoms with Crippen LogP contribution in [-0.2, 0) is 19.6 Å². The first-order chi connectivity index (χ1) is 11.7. The van der Waals surface area contributed by atoms with Crippen molar-refractivity contribution in [1.29, 1.82) is 0 Å². The molecular formula is C15H15N3O6S. The third kappa shape index (κ3) is 2.96. The van der Waals surface area contributed by atoms with Crippen LogP contribution in [0.1, 0.15) is 0 Å². The number of amides is 1. The first-order valence-corrected chi connectivity index (χ1v) is 8.69. The summed E-state index contributed by atoms with van der Waals surface area (Å²) in [5, 5.41) is 1.29. The quantitative estimate of drug-likeness (QED) is 0.482. The molecule has 1 heterocycles. The standard InChI is InChI=1S/C15H15N3O6S/c16-11-9(6-24-15(17)20)14(25(21,22)23)8-5-7-3-1-2-4-10(7)18-12(8)13(11)19/h1-5,10,14,18H,6,16H2,(H2,17,20)(H,21,22,23). The van der Waals surface area contributed by atoms with E-state index in [1.807, 2.05) is 0 Å². The third-order valence-electron chi connectivity index (χ3n) is 4.06. The van der Waals surface area contributed by atoms with Crippen molar-refractivity contribution in [3.8, 4) is 0 Å². The van der Waals surface area contributed by atoms with Crippen LogP contribution in [0, 0.1) is 0 Å². The fourth-order valence-corrected chi connectivity index (χ4v) is 4.03. The zero-order valence-electron chi connectivity index (χ0n) is 12.8. The van der Waals surface area contributed by atoms with Gasteiger partial charge in [-0.05, 0) is 11.6 Å². The SMILES string of the molecule is NC(=O)OCC1=C(N)C(=O)C2=C(C=C3C=CC=CC3N2)C1S(=O)(=O)O. The average molecular weight is 365 g/mol. The molecule has 0 aromatic heterocycles. The van der Waals surface area contributed by atoms with Crippen LogP contribution in [0.5, 0.6) is 0 Å². The Kier molecular flexibility index (Phi) is 4.01. The number of rotatable bonds is 3. The minimum absolute atomic E-state index is 0.0170. The van der Waals surface area contributed by atoms with Crippen molar-refractivity contribution < 1.29 is 27.3 Å². The zero-order chi connectivity index (χ0) is 18.4. The van der Waals surface area contributed by atoms with Crippen LogP contribution in [-0.4, -0.2) is 42.7 Å². The maximum Gasteiger partial charge on any atom is 0.404 e. The summed E-state index contributed by atoms with van der Waals surface area (Å²) < 4.78 is 38.2. The van der Waals surface area contributed by atoms with Crippen LogP contribution in [0.25, 0.3) is 0 Å². The fraction of sp³-hybridized carbons (Fsp3) is 0.200. The summed E-state index contributed by atoms with van der Waals surface area (Å²) >= 11 is 0. The highest BCUT2D eigenvalue weighted by Gasteiger charge is 2.43. The van der Waals surface area contributed by atoms with E-state index in [2.05, 4.69) is 10.1 Å². The number of hydrogen-bond donors (Lipinski definition) is 4. The van der Waals surface area contributed by atoms with Crippen molar-refractivity contribution in [3.05, 3.63) is 58.5 Å². The molecule has 3 rings (SSSR count). The van der Waals surface area contributed by atoms with E-state index in [4.69, 9.17) is 11.5 Å². The zero-order valence-corrected chi connectivity index (χ0v) is 13.6. The van der Waals surface area contributed by atoms with Crippen molar-refractivity contribution in [2.45, 2.75) is 11.3 Å². The van der Waals surface area contributed by atoms with Gasteiger partial charge in [0.2, 0.25) is 5.78 Å². The Balaban J connectivity index is 2.13. The van der Waals surface area contributed by atoms with Gasteiger partial charge in [0.1, 0.15) is 11.9 Å². The smallest absolute Gasteiger partial charge is 0.404 e. The van der Waals surface area contributed by atoms with E-state index in [1.54, 1.807) is 24.3 Å². The Morgan fingerprint density at radius 3 is 2.72 bits per heavy atom. The van der Waals surface area contributed by atoms with Gasteiger partial charge in [-0.25, -0.2) is 4.79 Å². The van der Waals surface area contributed by atoms with Crippen molar-refractivity contribution >= 4 is 22.0 Å². The Labute approximate surface area is 143 Å². The summed E-state index contributed by atoms with van der Waals surface area (Å²) in [6.45, 7) is -0.628. The number of fused-ring (bicyclic) bond motifs is 1. The van der Waals surface area contributed by atoms with Gasteiger partial charge in [-0.2, -0.15) is 8.42 Å². The van der Waals surface area contributed by atoms with E-state index < -0.39 is 39.5 Å². The number of primary amides is 1. The van der Waals surface area contributed by atoms with Crippen LogP contribution < -0.4 is 16.8 Å². The number of carbonyl (C=O) groups excluding carboxylic acids is 2. The van der Waals surface area contributed by atoms with E-state index >= 15 is 0 Å². The summed E-state index contributed by atoms with van der Waals surface area (Å²) in [6, 6.07) is -0.314. The number of dihydropyridines is 1. The van der Waals surface area contributed by atoms with Gasteiger partial charge in [0.05, 0.1) is 17.4 Å². The number of allylic oxidation sites excluding steroid dienone is 3. The predicted molar refractivity (Wildman–Crippen MR) is 87.4 cm³/mol. The fourth-order valence-electron chi connectivity index (χ4n) is 2.97. The molecule has 0 saturated heterocycles. The largest absolute Gasteiger partial charge is 0.445 e. The molecule has 132 valence electrons. The van der Waals surface area contributed by atoms with Gasteiger partial charge in [0.25, 0.3) is 10.1 Å². The van der Waals surface area contributed by atoms with E-state index in [9.17, 15) is 22.6 Å².